The van der Waals surface area contributed by atoms with Crippen LogP contribution in [0.4, 0.5) is 0 Å². The van der Waals surface area contributed by atoms with Crippen LogP contribution in [0.25, 0.3) is 0 Å². The Morgan fingerprint density at radius 1 is 1.68 bits per heavy atom. The van der Waals surface area contributed by atoms with Crippen molar-refractivity contribution in [3.05, 3.63) is 16.1 Å². The molecule has 1 fully saturated rings. The molecule has 1 saturated heterocycles. The van der Waals surface area contributed by atoms with Gasteiger partial charge in [-0.05, 0) is 32.9 Å². The van der Waals surface area contributed by atoms with Gasteiger partial charge in [0.2, 0.25) is 0 Å². The molecule has 1 aliphatic heterocycles. The van der Waals surface area contributed by atoms with Gasteiger partial charge in [0.05, 0.1) is 6.54 Å². The summed E-state index contributed by atoms with van der Waals surface area (Å²) in [7, 11) is 0. The summed E-state index contributed by atoms with van der Waals surface area (Å²) >= 11 is 1.67. The summed E-state index contributed by atoms with van der Waals surface area (Å²) in [5.41, 5.74) is 5.89. The molecule has 3 N–H and O–H groups in total. The second-order valence-electron chi connectivity index (χ2n) is 4.87. The fourth-order valence-electron chi connectivity index (χ4n) is 2.45. The highest BCUT2D eigenvalue weighted by Gasteiger charge is 2.22. The van der Waals surface area contributed by atoms with Crippen LogP contribution in [0.1, 0.15) is 29.7 Å². The molecule has 1 unspecified atom stereocenters. The predicted molar refractivity (Wildman–Crippen MR) is 80.4 cm³/mol. The maximum atomic E-state index is 5.89. The topological polar surface area (TPSA) is 66.5 Å². The van der Waals surface area contributed by atoms with Gasteiger partial charge in [-0.1, -0.05) is 6.92 Å². The number of aliphatic imine (C=N–C) groups is 1. The number of nitrogens with zero attached hydrogens (tertiary/aromatic N) is 3. The lowest BCUT2D eigenvalue weighted by Gasteiger charge is -2.23. The zero-order chi connectivity index (χ0) is 13.7. The number of thiazole rings is 1. The first-order chi connectivity index (χ1) is 9.19. The van der Waals surface area contributed by atoms with E-state index in [-0.39, 0.29) is 0 Å². The van der Waals surface area contributed by atoms with Gasteiger partial charge in [0, 0.05) is 23.7 Å². The number of hydrogen-bond donors (Lipinski definition) is 2. The highest BCUT2D eigenvalue weighted by Crippen LogP contribution is 2.15. The Balaban J connectivity index is 1.76. The third-order valence-corrected chi connectivity index (χ3v) is 4.38. The van der Waals surface area contributed by atoms with Crippen LogP contribution in [-0.4, -0.2) is 41.5 Å². The third-order valence-electron chi connectivity index (χ3n) is 3.48. The Kier molecular flexibility index (Phi) is 5.15. The second-order valence-corrected chi connectivity index (χ2v) is 6.19. The van der Waals surface area contributed by atoms with E-state index in [0.717, 1.165) is 18.1 Å². The molecule has 0 radical (unpaired) electrons. The van der Waals surface area contributed by atoms with Crippen molar-refractivity contribution < 1.29 is 0 Å². The molecule has 0 saturated carbocycles. The number of likely N-dealkylation sites (N-methyl/N-ethyl adjacent to an activating group) is 1. The van der Waals surface area contributed by atoms with E-state index in [2.05, 4.69) is 27.1 Å². The van der Waals surface area contributed by atoms with Crippen molar-refractivity contribution in [3.63, 3.8) is 0 Å². The Morgan fingerprint density at radius 3 is 3.21 bits per heavy atom. The number of likely N-dealkylation sites (tertiary alicyclic amines) is 1. The molecule has 6 heteroatoms. The number of hydrogen-bond acceptors (Lipinski definition) is 4. The third kappa shape index (κ3) is 4.18. The predicted octanol–water partition coefficient (Wildman–Crippen LogP) is 1.34. The van der Waals surface area contributed by atoms with Crippen molar-refractivity contribution in [2.24, 2.45) is 10.7 Å². The van der Waals surface area contributed by atoms with Gasteiger partial charge in [0.1, 0.15) is 5.01 Å². The van der Waals surface area contributed by atoms with Gasteiger partial charge in [-0.2, -0.15) is 0 Å². The van der Waals surface area contributed by atoms with E-state index in [1.54, 1.807) is 11.3 Å². The monoisotopic (exact) mass is 281 g/mol. The van der Waals surface area contributed by atoms with E-state index in [0.29, 0.717) is 18.5 Å². The number of guanidine groups is 1. The summed E-state index contributed by atoms with van der Waals surface area (Å²) in [5, 5.41) is 4.24. The van der Waals surface area contributed by atoms with E-state index < -0.39 is 0 Å². The van der Waals surface area contributed by atoms with E-state index in [1.165, 1.54) is 24.3 Å². The van der Waals surface area contributed by atoms with Crippen molar-refractivity contribution in [1.82, 2.24) is 15.2 Å². The van der Waals surface area contributed by atoms with Crippen molar-refractivity contribution >= 4 is 17.3 Å². The van der Waals surface area contributed by atoms with E-state index >= 15 is 0 Å². The lowest BCUT2D eigenvalue weighted by Crippen LogP contribution is -2.42. The average Bonchev–Trinajstić information content (AvgIpc) is 3.02. The minimum atomic E-state index is 0.524. The van der Waals surface area contributed by atoms with Crippen LogP contribution >= 0.6 is 11.3 Å². The first-order valence-electron chi connectivity index (χ1n) is 6.88. The number of aromatic nitrogens is 1. The number of nitrogens with two attached hydrogens (primary N) is 1. The molecule has 1 aromatic rings. The largest absolute Gasteiger partial charge is 0.370 e. The fraction of sp³-hybridized carbons (Fsp3) is 0.692. The number of nitrogens with one attached hydrogen (secondary N) is 1. The van der Waals surface area contributed by atoms with Crippen LogP contribution in [0.15, 0.2) is 11.2 Å². The van der Waals surface area contributed by atoms with Gasteiger partial charge in [-0.25, -0.2) is 9.98 Å². The SMILES string of the molecule is CCN1CCCC1CNC(N)=NCc1ncc(C)s1. The van der Waals surface area contributed by atoms with Gasteiger partial charge in [-0.3, -0.25) is 4.90 Å². The van der Waals surface area contributed by atoms with Gasteiger partial charge < -0.3 is 11.1 Å². The molecule has 0 bridgehead atoms. The lowest BCUT2D eigenvalue weighted by molar-refractivity contribution is 0.267. The van der Waals surface area contributed by atoms with Crippen LogP contribution in [0.5, 0.6) is 0 Å². The molecule has 0 aliphatic carbocycles. The molecule has 0 amide bonds. The summed E-state index contributed by atoms with van der Waals surface area (Å²) < 4.78 is 0. The van der Waals surface area contributed by atoms with Crippen LogP contribution in [0, 0.1) is 6.92 Å². The van der Waals surface area contributed by atoms with Gasteiger partial charge >= 0.3 is 0 Å². The lowest BCUT2D eigenvalue weighted by atomic mass is 10.2. The van der Waals surface area contributed by atoms with Crippen molar-refractivity contribution in [2.75, 3.05) is 19.6 Å². The van der Waals surface area contributed by atoms with Crippen LogP contribution in [0.2, 0.25) is 0 Å². The molecule has 0 aromatic carbocycles. The maximum absolute atomic E-state index is 5.89. The Bertz CT molecular complexity index is 428. The van der Waals surface area contributed by atoms with Crippen molar-refractivity contribution in [3.8, 4) is 0 Å². The van der Waals surface area contributed by atoms with E-state index in [1.807, 2.05) is 13.1 Å². The van der Waals surface area contributed by atoms with Gasteiger partial charge in [-0.15, -0.1) is 11.3 Å². The maximum Gasteiger partial charge on any atom is 0.189 e. The summed E-state index contributed by atoms with van der Waals surface area (Å²) in [6, 6.07) is 0.598. The second kappa shape index (κ2) is 6.86. The first kappa shape index (κ1) is 14.3. The van der Waals surface area contributed by atoms with E-state index in [4.69, 9.17) is 5.73 Å². The molecule has 5 nitrogen and oxygen atoms in total. The quantitative estimate of drug-likeness (QED) is 0.631. The highest BCUT2D eigenvalue weighted by atomic mass is 32.1. The van der Waals surface area contributed by atoms with Crippen molar-refractivity contribution in [1.29, 1.82) is 0 Å². The van der Waals surface area contributed by atoms with Gasteiger partial charge in [0.25, 0.3) is 0 Å². The summed E-state index contributed by atoms with van der Waals surface area (Å²) in [4.78, 5) is 12.3. The average molecular weight is 281 g/mol. The first-order valence-corrected chi connectivity index (χ1v) is 7.70. The molecular formula is C13H23N5S. The number of aryl methyl sites for hydroxylation is 1. The smallest absolute Gasteiger partial charge is 0.189 e. The molecule has 2 heterocycles. The minimum absolute atomic E-state index is 0.524. The zero-order valence-corrected chi connectivity index (χ0v) is 12.5. The van der Waals surface area contributed by atoms with Crippen LogP contribution in [-0.2, 0) is 6.54 Å². The highest BCUT2D eigenvalue weighted by molar-refractivity contribution is 7.11. The Labute approximate surface area is 118 Å². The van der Waals surface area contributed by atoms with Crippen LogP contribution in [0.3, 0.4) is 0 Å². The van der Waals surface area contributed by atoms with Crippen molar-refractivity contribution in [2.45, 2.75) is 39.3 Å². The molecule has 1 atom stereocenters. The normalized spacial score (nSPS) is 20.9. The molecule has 106 valence electrons. The zero-order valence-electron chi connectivity index (χ0n) is 11.7. The molecule has 2 rings (SSSR count). The molecule has 19 heavy (non-hydrogen) atoms. The fourth-order valence-corrected chi connectivity index (χ4v) is 3.16. The molecule has 0 spiro atoms. The standard InChI is InChI=1S/C13H23N5S/c1-3-18-6-4-5-11(18)8-16-13(14)17-9-12-15-7-10(2)19-12/h7,11H,3-6,8-9H2,1-2H3,(H3,14,16,17). The number of rotatable bonds is 5. The molecule has 1 aliphatic rings. The minimum Gasteiger partial charge on any atom is -0.370 e. The summed E-state index contributed by atoms with van der Waals surface area (Å²) in [6.07, 6.45) is 4.41. The molecular weight excluding hydrogens is 258 g/mol. The van der Waals surface area contributed by atoms with E-state index in [9.17, 15) is 0 Å². The van der Waals surface area contributed by atoms with Crippen LogP contribution < -0.4 is 11.1 Å². The summed E-state index contributed by atoms with van der Waals surface area (Å²) in [5.74, 6) is 0.524. The summed E-state index contributed by atoms with van der Waals surface area (Å²) in [6.45, 7) is 8.03. The Hall–Kier alpha value is -1.14. The Morgan fingerprint density at radius 2 is 2.53 bits per heavy atom. The molecule has 1 aromatic heterocycles. The van der Waals surface area contributed by atoms with Gasteiger partial charge in [0.15, 0.2) is 5.96 Å².